The van der Waals surface area contributed by atoms with Gasteiger partial charge in [-0.05, 0) is 27.4 Å². The Morgan fingerprint density at radius 3 is 2.26 bits per heavy atom. The molecule has 1 N–H and O–H groups in total. The van der Waals surface area contributed by atoms with Crippen LogP contribution in [0, 0.1) is 0 Å². The van der Waals surface area contributed by atoms with Crippen molar-refractivity contribution in [3.8, 4) is 0 Å². The minimum Gasteiger partial charge on any atom is -0.380 e. The van der Waals surface area contributed by atoms with Gasteiger partial charge in [-0.15, -0.1) is 0 Å². The van der Waals surface area contributed by atoms with E-state index in [-0.39, 0.29) is 32.8 Å². The summed E-state index contributed by atoms with van der Waals surface area (Å²) in [6, 6.07) is 0.0740. The molecule has 0 aliphatic carbocycles. The Labute approximate surface area is 118 Å². The molecule has 5 heteroatoms. The van der Waals surface area contributed by atoms with Crippen molar-refractivity contribution in [1.29, 1.82) is 0 Å². The van der Waals surface area contributed by atoms with E-state index in [1.54, 1.807) is 14.0 Å². The number of likely N-dealkylation sites (tertiary alicyclic amines) is 1. The average molecular weight is 276 g/mol. The number of carbonyl (C=O) groups excluding carboxylic acids is 2. The van der Waals surface area contributed by atoms with Gasteiger partial charge < -0.3 is 14.8 Å². The van der Waals surface area contributed by atoms with Crippen molar-refractivity contribution in [3.63, 3.8) is 0 Å². The van der Waals surface area contributed by atoms with Crippen LogP contribution < -0.4 is 5.32 Å². The van der Waals surface area contributed by atoms with E-state index in [1.807, 2.05) is 19.0 Å². The van der Waals surface area contributed by atoms with Gasteiger partial charge in [-0.25, -0.2) is 0 Å². The van der Waals surface area contributed by atoms with Gasteiger partial charge in [-0.3, -0.25) is 9.69 Å². The van der Waals surface area contributed by atoms with Crippen molar-refractivity contribution >= 4 is 12.1 Å². The fourth-order valence-electron chi connectivity index (χ4n) is 1.61. The Bertz CT molecular complexity index is 235. The third-order valence-corrected chi connectivity index (χ3v) is 2.78. The van der Waals surface area contributed by atoms with Crippen LogP contribution in [0.4, 0.5) is 0 Å². The molecule has 0 saturated carbocycles. The van der Waals surface area contributed by atoms with E-state index in [0.717, 1.165) is 25.8 Å². The second-order valence-corrected chi connectivity index (χ2v) is 4.29. The van der Waals surface area contributed by atoms with Gasteiger partial charge in [0.25, 0.3) is 0 Å². The molecule has 1 saturated heterocycles. The number of rotatable bonds is 5. The first-order chi connectivity index (χ1) is 8.04. The molecule has 1 fully saturated rings. The number of likely N-dealkylation sites (N-methyl/N-ethyl adjacent to an activating group) is 1. The largest absolute Gasteiger partial charge is 0.380 e. The summed E-state index contributed by atoms with van der Waals surface area (Å²) in [7, 11) is 5.46. The number of hydrogen-bond acceptors (Lipinski definition) is 5. The van der Waals surface area contributed by atoms with Crippen molar-refractivity contribution in [3.05, 3.63) is 0 Å². The third kappa shape index (κ3) is 10.8. The van der Waals surface area contributed by atoms with Gasteiger partial charge in [0.1, 0.15) is 12.1 Å². The Morgan fingerprint density at radius 1 is 1.47 bits per heavy atom. The molecule has 0 aromatic rings. The standard InChI is InChI=1S/C7H13NO2.C5H11NO.2CH4/c1-8-4-7(10-2)3-6(8)5-9;1-5(7)3-4-6-2;;/h5-7H,3-4H2,1-2H3;6H,3-4H2,1-2H3;2*1H4/t6-,7?;;;/m0.../s1. The Hall–Kier alpha value is -0.780. The highest BCUT2D eigenvalue weighted by molar-refractivity contribution is 5.75. The number of Topliss-reactive ketones (excluding diaryl/α,β-unsaturated/α-hetero) is 1. The summed E-state index contributed by atoms with van der Waals surface area (Å²) in [5, 5.41) is 2.88. The van der Waals surface area contributed by atoms with Crippen LogP contribution in [-0.4, -0.2) is 63.4 Å². The van der Waals surface area contributed by atoms with Gasteiger partial charge >= 0.3 is 0 Å². The van der Waals surface area contributed by atoms with Crippen LogP contribution in [0.2, 0.25) is 0 Å². The minimum absolute atomic E-state index is 0. The van der Waals surface area contributed by atoms with E-state index < -0.39 is 0 Å². The number of carbonyl (C=O) groups is 2. The molecule has 0 aromatic carbocycles. The lowest BCUT2D eigenvalue weighted by Crippen LogP contribution is -2.26. The van der Waals surface area contributed by atoms with Gasteiger partial charge in [0.2, 0.25) is 0 Å². The van der Waals surface area contributed by atoms with Gasteiger partial charge in [-0.2, -0.15) is 0 Å². The van der Waals surface area contributed by atoms with E-state index in [2.05, 4.69) is 5.32 Å². The molecule has 0 amide bonds. The maximum Gasteiger partial charge on any atom is 0.137 e. The fourth-order valence-corrected chi connectivity index (χ4v) is 1.61. The van der Waals surface area contributed by atoms with Gasteiger partial charge in [0.05, 0.1) is 12.1 Å². The minimum atomic E-state index is 0. The normalized spacial score (nSPS) is 21.5. The maximum atomic E-state index is 10.4. The lowest BCUT2D eigenvalue weighted by molar-refractivity contribution is -0.117. The molecule has 2 atom stereocenters. The molecule has 0 aromatic heterocycles. The van der Waals surface area contributed by atoms with Crippen LogP contribution in [0.5, 0.6) is 0 Å². The first kappa shape index (κ1) is 23.3. The van der Waals surface area contributed by atoms with Crippen LogP contribution >= 0.6 is 0 Å². The Balaban J connectivity index is -0.000000258. The van der Waals surface area contributed by atoms with Crippen molar-refractivity contribution in [2.75, 3.05) is 34.3 Å². The summed E-state index contributed by atoms with van der Waals surface area (Å²) in [5.41, 5.74) is 0. The number of methoxy groups -OCH3 is 1. The fraction of sp³-hybridized carbons (Fsp3) is 0.857. The van der Waals surface area contributed by atoms with Gasteiger partial charge in [0, 0.05) is 26.6 Å². The average Bonchev–Trinajstić information content (AvgIpc) is 2.68. The molecular weight excluding hydrogens is 244 g/mol. The molecule has 5 nitrogen and oxygen atoms in total. The molecule has 0 bridgehead atoms. The van der Waals surface area contributed by atoms with Gasteiger partial charge in [0.15, 0.2) is 0 Å². The number of aldehydes is 1. The molecule has 1 heterocycles. The van der Waals surface area contributed by atoms with Crippen LogP contribution in [0.3, 0.4) is 0 Å². The summed E-state index contributed by atoms with van der Waals surface area (Å²) >= 11 is 0. The SMILES string of the molecule is C.C.CNCCC(C)=O.COC1C[C@@H](C=O)N(C)C1. The van der Waals surface area contributed by atoms with Gasteiger partial charge in [-0.1, -0.05) is 14.9 Å². The molecular formula is C14H32N2O3. The van der Waals surface area contributed by atoms with Crippen molar-refractivity contribution in [2.45, 2.75) is 46.8 Å². The summed E-state index contributed by atoms with van der Waals surface area (Å²) in [4.78, 5) is 22.6. The number of ether oxygens (including phenoxy) is 1. The van der Waals surface area contributed by atoms with Crippen LogP contribution in [0.25, 0.3) is 0 Å². The monoisotopic (exact) mass is 276 g/mol. The number of hydrogen-bond donors (Lipinski definition) is 1. The van der Waals surface area contributed by atoms with E-state index in [9.17, 15) is 9.59 Å². The van der Waals surface area contributed by atoms with E-state index in [1.165, 1.54) is 0 Å². The van der Waals surface area contributed by atoms with Crippen LogP contribution in [-0.2, 0) is 14.3 Å². The smallest absolute Gasteiger partial charge is 0.137 e. The zero-order valence-corrected chi connectivity index (χ0v) is 11.2. The molecule has 19 heavy (non-hydrogen) atoms. The lowest BCUT2D eigenvalue weighted by atomic mass is 10.2. The molecule has 1 rings (SSSR count). The predicted octanol–water partition coefficient (Wildman–Crippen LogP) is 1.36. The topological polar surface area (TPSA) is 58.6 Å². The number of nitrogens with one attached hydrogen (secondary N) is 1. The molecule has 1 aliphatic heterocycles. The second-order valence-electron chi connectivity index (χ2n) is 4.29. The van der Waals surface area contributed by atoms with E-state index in [4.69, 9.17) is 4.74 Å². The summed E-state index contributed by atoms with van der Waals surface area (Å²) < 4.78 is 5.11. The predicted molar refractivity (Wildman–Crippen MR) is 80.6 cm³/mol. The molecule has 116 valence electrons. The summed E-state index contributed by atoms with van der Waals surface area (Å²) in [6.07, 6.45) is 2.73. The van der Waals surface area contributed by atoms with Crippen LogP contribution in [0.15, 0.2) is 0 Å². The number of ketones is 1. The molecule has 0 spiro atoms. The molecule has 1 unspecified atom stereocenters. The molecule has 0 radical (unpaired) electrons. The zero-order valence-electron chi connectivity index (χ0n) is 11.2. The second kappa shape index (κ2) is 13.6. The maximum absolute atomic E-state index is 10.4. The first-order valence-corrected chi connectivity index (χ1v) is 5.87. The summed E-state index contributed by atoms with van der Waals surface area (Å²) in [6.45, 7) is 3.27. The lowest BCUT2D eigenvalue weighted by Gasteiger charge is -2.10. The highest BCUT2D eigenvalue weighted by Gasteiger charge is 2.28. The zero-order chi connectivity index (χ0) is 13.3. The third-order valence-electron chi connectivity index (χ3n) is 2.78. The van der Waals surface area contributed by atoms with Crippen molar-refractivity contribution in [1.82, 2.24) is 10.2 Å². The Kier molecular flexibility index (Phi) is 16.8. The highest BCUT2D eigenvalue weighted by Crippen LogP contribution is 2.15. The van der Waals surface area contributed by atoms with Crippen molar-refractivity contribution in [2.24, 2.45) is 0 Å². The number of nitrogens with zero attached hydrogens (tertiary/aromatic N) is 1. The van der Waals surface area contributed by atoms with E-state index >= 15 is 0 Å². The molecule has 1 aliphatic rings. The first-order valence-electron chi connectivity index (χ1n) is 5.87. The van der Waals surface area contributed by atoms with E-state index in [0.29, 0.717) is 6.42 Å². The summed E-state index contributed by atoms with van der Waals surface area (Å²) in [5.74, 6) is 0.245. The van der Waals surface area contributed by atoms with Crippen molar-refractivity contribution < 1.29 is 14.3 Å². The van der Waals surface area contributed by atoms with Crippen LogP contribution in [0.1, 0.15) is 34.6 Å². The Morgan fingerprint density at radius 2 is 2.05 bits per heavy atom. The highest BCUT2D eigenvalue weighted by atomic mass is 16.5. The quantitative estimate of drug-likeness (QED) is 0.768.